The first-order valence-corrected chi connectivity index (χ1v) is 5.77. The first-order valence-electron chi connectivity index (χ1n) is 4.98. The van der Waals surface area contributed by atoms with Crippen LogP contribution in [0.25, 0.3) is 0 Å². The van der Waals surface area contributed by atoms with Crippen molar-refractivity contribution in [3.63, 3.8) is 0 Å². The lowest BCUT2D eigenvalue weighted by molar-refractivity contribution is -0.123. The lowest BCUT2D eigenvalue weighted by atomic mass is 10.3. The number of aliphatic hydroxyl groups excluding tert-OH is 1. The zero-order valence-corrected chi connectivity index (χ0v) is 10.4. The van der Waals surface area contributed by atoms with Crippen molar-refractivity contribution in [2.24, 2.45) is 0 Å². The number of benzene rings is 1. The molecule has 0 aromatic heterocycles. The maximum Gasteiger partial charge on any atom is 0.257 e. The van der Waals surface area contributed by atoms with E-state index in [1.54, 1.807) is 12.1 Å². The van der Waals surface area contributed by atoms with E-state index in [0.29, 0.717) is 18.7 Å². The van der Waals surface area contributed by atoms with E-state index in [9.17, 15) is 4.79 Å². The highest BCUT2D eigenvalue weighted by atomic mass is 79.9. The maximum atomic E-state index is 11.2. The van der Waals surface area contributed by atoms with E-state index in [2.05, 4.69) is 21.2 Å². The van der Waals surface area contributed by atoms with Gasteiger partial charge in [-0.2, -0.15) is 0 Å². The number of nitrogens with one attached hydrogen (secondary N) is 1. The summed E-state index contributed by atoms with van der Waals surface area (Å²) in [6.07, 6.45) is 0.560. The monoisotopic (exact) mass is 287 g/mol. The van der Waals surface area contributed by atoms with Gasteiger partial charge in [0.2, 0.25) is 0 Å². The Balaban J connectivity index is 2.23. The molecule has 0 fully saturated rings. The van der Waals surface area contributed by atoms with Gasteiger partial charge in [0, 0.05) is 17.6 Å². The van der Waals surface area contributed by atoms with Crippen LogP contribution in [-0.2, 0) is 4.79 Å². The third kappa shape index (κ3) is 5.14. The molecule has 0 saturated carbocycles. The van der Waals surface area contributed by atoms with E-state index in [1.165, 1.54) is 0 Å². The molecular formula is C11H14BrNO3. The third-order valence-electron chi connectivity index (χ3n) is 1.84. The van der Waals surface area contributed by atoms with Crippen LogP contribution in [0.15, 0.2) is 28.7 Å². The molecule has 1 aromatic rings. The van der Waals surface area contributed by atoms with Crippen LogP contribution in [0.3, 0.4) is 0 Å². The van der Waals surface area contributed by atoms with Crippen molar-refractivity contribution >= 4 is 21.8 Å². The number of rotatable bonds is 6. The Morgan fingerprint density at radius 2 is 2.06 bits per heavy atom. The van der Waals surface area contributed by atoms with Gasteiger partial charge in [0.15, 0.2) is 6.61 Å². The molecule has 0 aliphatic heterocycles. The van der Waals surface area contributed by atoms with Gasteiger partial charge in [0.25, 0.3) is 5.91 Å². The van der Waals surface area contributed by atoms with Gasteiger partial charge in [-0.3, -0.25) is 4.79 Å². The summed E-state index contributed by atoms with van der Waals surface area (Å²) in [5, 5.41) is 11.2. The van der Waals surface area contributed by atoms with Crippen LogP contribution in [0.1, 0.15) is 6.42 Å². The topological polar surface area (TPSA) is 58.6 Å². The number of carbonyl (C=O) groups is 1. The zero-order valence-electron chi connectivity index (χ0n) is 8.78. The number of halogens is 1. The summed E-state index contributed by atoms with van der Waals surface area (Å²) in [6.45, 7) is 0.542. The highest BCUT2D eigenvalue weighted by Gasteiger charge is 2.01. The number of aliphatic hydroxyl groups is 1. The Bertz CT molecular complexity index is 327. The van der Waals surface area contributed by atoms with Crippen LogP contribution in [0.2, 0.25) is 0 Å². The molecule has 0 spiro atoms. The minimum Gasteiger partial charge on any atom is -0.484 e. The average molecular weight is 288 g/mol. The second kappa shape index (κ2) is 7.24. The highest BCUT2D eigenvalue weighted by molar-refractivity contribution is 9.10. The summed E-state index contributed by atoms with van der Waals surface area (Å²) < 4.78 is 6.22. The van der Waals surface area contributed by atoms with Gasteiger partial charge in [0.1, 0.15) is 5.75 Å². The van der Waals surface area contributed by atoms with E-state index in [4.69, 9.17) is 9.84 Å². The third-order valence-corrected chi connectivity index (χ3v) is 2.37. The fraction of sp³-hybridized carbons (Fsp3) is 0.364. The molecule has 0 heterocycles. The maximum absolute atomic E-state index is 11.2. The van der Waals surface area contributed by atoms with Crippen molar-refractivity contribution < 1.29 is 14.6 Å². The predicted octanol–water partition coefficient (Wildman–Crippen LogP) is 1.33. The van der Waals surface area contributed by atoms with Gasteiger partial charge in [-0.1, -0.05) is 15.9 Å². The Labute approximate surface area is 103 Å². The molecule has 1 amide bonds. The van der Waals surface area contributed by atoms with E-state index >= 15 is 0 Å². The normalized spacial score (nSPS) is 9.88. The summed E-state index contributed by atoms with van der Waals surface area (Å²) in [7, 11) is 0. The molecule has 0 bridgehead atoms. The van der Waals surface area contributed by atoms with Crippen LogP contribution < -0.4 is 10.1 Å². The second-order valence-electron chi connectivity index (χ2n) is 3.17. The molecule has 0 saturated heterocycles. The van der Waals surface area contributed by atoms with Crippen LogP contribution in [-0.4, -0.2) is 30.8 Å². The molecule has 0 aliphatic carbocycles. The summed E-state index contributed by atoms with van der Waals surface area (Å²) in [4.78, 5) is 11.2. The van der Waals surface area contributed by atoms with Crippen LogP contribution in [0, 0.1) is 0 Å². The minimum atomic E-state index is -0.184. The van der Waals surface area contributed by atoms with Crippen molar-refractivity contribution in [3.05, 3.63) is 28.7 Å². The van der Waals surface area contributed by atoms with Gasteiger partial charge >= 0.3 is 0 Å². The summed E-state index contributed by atoms with van der Waals surface area (Å²) in [6, 6.07) is 7.26. The van der Waals surface area contributed by atoms with E-state index in [-0.39, 0.29) is 19.1 Å². The second-order valence-corrected chi connectivity index (χ2v) is 4.09. The van der Waals surface area contributed by atoms with Crippen molar-refractivity contribution in [2.45, 2.75) is 6.42 Å². The number of amides is 1. The average Bonchev–Trinajstić information content (AvgIpc) is 2.29. The van der Waals surface area contributed by atoms with Crippen LogP contribution in [0.5, 0.6) is 5.75 Å². The Morgan fingerprint density at radius 1 is 1.38 bits per heavy atom. The van der Waals surface area contributed by atoms with Crippen molar-refractivity contribution in [1.29, 1.82) is 0 Å². The van der Waals surface area contributed by atoms with Gasteiger partial charge in [0.05, 0.1) is 0 Å². The molecule has 5 heteroatoms. The largest absolute Gasteiger partial charge is 0.484 e. The molecule has 1 rings (SSSR count). The first-order chi connectivity index (χ1) is 7.72. The predicted molar refractivity (Wildman–Crippen MR) is 64.3 cm³/mol. The molecule has 0 atom stereocenters. The smallest absolute Gasteiger partial charge is 0.257 e. The molecule has 0 radical (unpaired) electrons. The summed E-state index contributed by atoms with van der Waals surface area (Å²) in [5.41, 5.74) is 0. The number of hydrogen-bond acceptors (Lipinski definition) is 3. The molecule has 0 unspecified atom stereocenters. The fourth-order valence-corrected chi connectivity index (χ4v) is 1.30. The van der Waals surface area contributed by atoms with Gasteiger partial charge in [-0.05, 0) is 30.7 Å². The fourth-order valence-electron chi connectivity index (χ4n) is 1.04. The number of carbonyl (C=O) groups excluding carboxylic acids is 1. The van der Waals surface area contributed by atoms with Crippen molar-refractivity contribution in [1.82, 2.24) is 5.32 Å². The number of hydrogen-bond donors (Lipinski definition) is 2. The molecule has 4 nitrogen and oxygen atoms in total. The van der Waals surface area contributed by atoms with Crippen molar-refractivity contribution in [2.75, 3.05) is 19.8 Å². The quantitative estimate of drug-likeness (QED) is 0.776. The molecular weight excluding hydrogens is 274 g/mol. The SMILES string of the molecule is O=C(COc1ccc(Br)cc1)NCCCO. The standard InChI is InChI=1S/C11H14BrNO3/c12-9-2-4-10(5-3-9)16-8-11(15)13-6-1-7-14/h2-5,14H,1,6-8H2,(H,13,15). The molecule has 1 aromatic carbocycles. The lowest BCUT2D eigenvalue weighted by Gasteiger charge is -2.06. The van der Waals surface area contributed by atoms with E-state index < -0.39 is 0 Å². The summed E-state index contributed by atoms with van der Waals surface area (Å²) in [5.74, 6) is 0.469. The number of ether oxygens (including phenoxy) is 1. The van der Waals surface area contributed by atoms with Gasteiger partial charge in [-0.15, -0.1) is 0 Å². The highest BCUT2D eigenvalue weighted by Crippen LogP contribution is 2.15. The Morgan fingerprint density at radius 3 is 2.69 bits per heavy atom. The first kappa shape index (κ1) is 13.0. The summed E-state index contributed by atoms with van der Waals surface area (Å²) >= 11 is 3.31. The van der Waals surface area contributed by atoms with Crippen LogP contribution in [0.4, 0.5) is 0 Å². The Hall–Kier alpha value is -1.07. The zero-order chi connectivity index (χ0) is 11.8. The molecule has 2 N–H and O–H groups in total. The Kier molecular flexibility index (Phi) is 5.88. The minimum absolute atomic E-state index is 0.00688. The van der Waals surface area contributed by atoms with Crippen LogP contribution >= 0.6 is 15.9 Å². The van der Waals surface area contributed by atoms with E-state index in [0.717, 1.165) is 4.47 Å². The van der Waals surface area contributed by atoms with E-state index in [1.807, 2.05) is 12.1 Å². The van der Waals surface area contributed by atoms with Crippen molar-refractivity contribution in [3.8, 4) is 5.75 Å². The van der Waals surface area contributed by atoms with Gasteiger partial charge < -0.3 is 15.2 Å². The lowest BCUT2D eigenvalue weighted by Crippen LogP contribution is -2.30. The molecule has 0 aliphatic rings. The molecule has 88 valence electrons. The molecule has 16 heavy (non-hydrogen) atoms. The van der Waals surface area contributed by atoms with Gasteiger partial charge in [-0.25, -0.2) is 0 Å².